The van der Waals surface area contributed by atoms with E-state index in [2.05, 4.69) is 47.7 Å². The molecule has 3 aromatic rings. The lowest BCUT2D eigenvalue weighted by molar-refractivity contribution is -0.117. The molecule has 0 heterocycles. The van der Waals surface area contributed by atoms with Crippen molar-refractivity contribution in [2.24, 2.45) is 5.10 Å². The molecule has 0 bridgehead atoms. The number of nitrogens with one attached hydrogen (secondary N) is 2. The van der Waals surface area contributed by atoms with Crippen molar-refractivity contribution in [3.05, 3.63) is 98.1 Å². The zero-order valence-electron chi connectivity index (χ0n) is 18.4. The second-order valence-corrected chi connectivity index (χ2v) is 9.10. The van der Waals surface area contributed by atoms with E-state index in [-0.39, 0.29) is 11.4 Å². The van der Waals surface area contributed by atoms with Gasteiger partial charge in [0.05, 0.1) is 10.7 Å². The average Bonchev–Trinajstić information content (AvgIpc) is 2.82. The maximum Gasteiger partial charge on any atom is 0.287 e. The first-order valence-electron chi connectivity index (χ1n) is 10.1. The van der Waals surface area contributed by atoms with Gasteiger partial charge in [-0.2, -0.15) is 5.10 Å². The number of carbonyl (C=O) groups excluding carboxylic acids is 2. The molecule has 3 aromatic carbocycles. The number of carbonyl (C=O) groups is 2. The number of phenols is 1. The lowest BCUT2D eigenvalue weighted by atomic mass is 10.1. The van der Waals surface area contributed by atoms with Gasteiger partial charge in [0.15, 0.2) is 0 Å². The van der Waals surface area contributed by atoms with Crippen molar-refractivity contribution >= 4 is 61.7 Å². The van der Waals surface area contributed by atoms with Crippen molar-refractivity contribution < 1.29 is 14.7 Å². The van der Waals surface area contributed by atoms with Crippen molar-refractivity contribution in [1.82, 2.24) is 10.7 Å². The Morgan fingerprint density at radius 1 is 0.971 bits per heavy atom. The molecule has 3 N–H and O–H groups in total. The van der Waals surface area contributed by atoms with Crippen LogP contribution >= 0.6 is 31.9 Å². The molecule has 0 fully saturated rings. The first-order chi connectivity index (χ1) is 16.2. The molecule has 174 valence electrons. The molecule has 0 aromatic heterocycles. The van der Waals surface area contributed by atoms with Gasteiger partial charge in [0, 0.05) is 35.4 Å². The van der Waals surface area contributed by atoms with Gasteiger partial charge >= 0.3 is 0 Å². The fourth-order valence-corrected chi connectivity index (χ4v) is 3.95. The molecule has 0 unspecified atom stereocenters. The minimum atomic E-state index is -0.602. The molecule has 0 radical (unpaired) electrons. The van der Waals surface area contributed by atoms with Crippen LogP contribution in [0.25, 0.3) is 6.08 Å². The molecule has 3 rings (SSSR count). The highest BCUT2D eigenvalue weighted by atomic mass is 79.9. The second kappa shape index (κ2) is 11.6. The monoisotopic (exact) mass is 584 g/mol. The van der Waals surface area contributed by atoms with Gasteiger partial charge < -0.3 is 15.3 Å². The van der Waals surface area contributed by atoms with E-state index in [1.54, 1.807) is 42.5 Å². The van der Waals surface area contributed by atoms with Crippen LogP contribution in [0.5, 0.6) is 5.75 Å². The zero-order chi connectivity index (χ0) is 24.7. The number of phenolic OH excluding ortho intramolecular Hbond substituents is 1. The van der Waals surface area contributed by atoms with Crippen LogP contribution in [0.15, 0.2) is 86.5 Å². The van der Waals surface area contributed by atoms with E-state index >= 15 is 0 Å². The Morgan fingerprint density at radius 3 is 2.29 bits per heavy atom. The highest BCUT2D eigenvalue weighted by molar-refractivity contribution is 9.11. The first kappa shape index (κ1) is 25.2. The summed E-state index contributed by atoms with van der Waals surface area (Å²) in [5.41, 5.74) is 5.16. The Labute approximate surface area is 214 Å². The van der Waals surface area contributed by atoms with E-state index < -0.39 is 11.8 Å². The maximum absolute atomic E-state index is 12.9. The van der Waals surface area contributed by atoms with Crippen LogP contribution in [-0.4, -0.2) is 37.2 Å². The van der Waals surface area contributed by atoms with Gasteiger partial charge in [-0.25, -0.2) is 5.43 Å². The predicted octanol–water partition coefficient (Wildman–Crippen LogP) is 4.90. The number of hydrazone groups is 1. The molecule has 0 aliphatic rings. The second-order valence-electron chi connectivity index (χ2n) is 7.39. The van der Waals surface area contributed by atoms with Gasteiger partial charge in [0.2, 0.25) is 0 Å². The van der Waals surface area contributed by atoms with Crippen molar-refractivity contribution in [3.63, 3.8) is 0 Å². The molecule has 9 heteroatoms. The third kappa shape index (κ3) is 6.79. The quantitative estimate of drug-likeness (QED) is 0.209. The molecule has 7 nitrogen and oxygen atoms in total. The summed E-state index contributed by atoms with van der Waals surface area (Å²) in [6.45, 7) is 0. The number of nitrogens with zero attached hydrogens (tertiary/aromatic N) is 2. The fourth-order valence-electron chi connectivity index (χ4n) is 2.85. The summed E-state index contributed by atoms with van der Waals surface area (Å²) in [7, 11) is 3.87. The molecule has 0 spiro atoms. The largest absolute Gasteiger partial charge is 0.507 e. The number of benzene rings is 3. The summed E-state index contributed by atoms with van der Waals surface area (Å²) in [4.78, 5) is 27.6. The van der Waals surface area contributed by atoms with E-state index in [1.807, 2.05) is 43.3 Å². The molecule has 0 saturated carbocycles. The summed E-state index contributed by atoms with van der Waals surface area (Å²) < 4.78 is 1.19. The Morgan fingerprint density at radius 2 is 1.65 bits per heavy atom. The number of amides is 2. The van der Waals surface area contributed by atoms with Crippen LogP contribution in [0.1, 0.15) is 21.5 Å². The lowest BCUT2D eigenvalue weighted by Gasteiger charge is -2.12. The highest BCUT2D eigenvalue weighted by Gasteiger charge is 2.14. The summed E-state index contributed by atoms with van der Waals surface area (Å²) in [5.74, 6) is -0.987. The molecule has 34 heavy (non-hydrogen) atoms. The van der Waals surface area contributed by atoms with Crippen LogP contribution in [0, 0.1) is 0 Å². The van der Waals surface area contributed by atoms with E-state index in [1.165, 1.54) is 12.3 Å². The SMILES string of the molecule is CN(C)c1ccc(/C=C(\NC(=O)c2ccccc2)C(=O)N/N=C/c2cc(O)c(Br)cc2Br)cc1. The van der Waals surface area contributed by atoms with Crippen LogP contribution in [-0.2, 0) is 4.79 Å². The topological polar surface area (TPSA) is 94.0 Å². The highest BCUT2D eigenvalue weighted by Crippen LogP contribution is 2.29. The van der Waals surface area contributed by atoms with Crippen molar-refractivity contribution in [2.45, 2.75) is 0 Å². The van der Waals surface area contributed by atoms with Gasteiger partial charge in [0.25, 0.3) is 11.8 Å². The molecule has 0 aliphatic heterocycles. The van der Waals surface area contributed by atoms with Gasteiger partial charge in [0.1, 0.15) is 11.4 Å². The minimum Gasteiger partial charge on any atom is -0.507 e. The minimum absolute atomic E-state index is 0.0290. The number of aromatic hydroxyl groups is 1. The average molecular weight is 586 g/mol. The summed E-state index contributed by atoms with van der Waals surface area (Å²) >= 11 is 6.61. The van der Waals surface area contributed by atoms with Crippen LogP contribution in [0.2, 0.25) is 0 Å². The Kier molecular flexibility index (Phi) is 8.61. The standard InChI is InChI=1S/C25H22Br2N4O3/c1-31(2)19-10-8-16(9-11-19)12-22(29-24(33)17-6-4-3-5-7-17)25(34)30-28-15-18-13-23(32)21(27)14-20(18)26/h3-15,32H,1-2H3,(H,29,33)(H,30,34)/b22-12-,28-15+. The number of rotatable bonds is 7. The summed E-state index contributed by atoms with van der Waals surface area (Å²) in [6.07, 6.45) is 2.96. The Balaban J connectivity index is 1.84. The number of anilines is 1. The summed E-state index contributed by atoms with van der Waals surface area (Å²) in [6, 6.07) is 19.3. The van der Waals surface area contributed by atoms with Crippen LogP contribution in [0.3, 0.4) is 0 Å². The smallest absolute Gasteiger partial charge is 0.287 e. The van der Waals surface area contributed by atoms with E-state index in [4.69, 9.17) is 0 Å². The molecule has 0 atom stereocenters. The third-order valence-corrected chi connectivity index (χ3v) is 6.01. The van der Waals surface area contributed by atoms with Gasteiger partial charge in [-0.15, -0.1) is 0 Å². The first-order valence-corrected chi connectivity index (χ1v) is 11.7. The Bertz CT molecular complexity index is 1240. The van der Waals surface area contributed by atoms with E-state index in [0.717, 1.165) is 11.3 Å². The Hall–Kier alpha value is -3.43. The molecule has 0 saturated heterocycles. The molecular weight excluding hydrogens is 564 g/mol. The fraction of sp³-hybridized carbons (Fsp3) is 0.0800. The van der Waals surface area contributed by atoms with Crippen LogP contribution < -0.4 is 15.6 Å². The lowest BCUT2D eigenvalue weighted by Crippen LogP contribution is -2.32. The van der Waals surface area contributed by atoms with Crippen molar-refractivity contribution in [3.8, 4) is 5.75 Å². The molecule has 2 amide bonds. The third-order valence-electron chi connectivity index (χ3n) is 4.69. The van der Waals surface area contributed by atoms with Crippen LogP contribution in [0.4, 0.5) is 5.69 Å². The molecule has 0 aliphatic carbocycles. The number of hydrogen-bond donors (Lipinski definition) is 3. The van der Waals surface area contributed by atoms with Crippen molar-refractivity contribution in [1.29, 1.82) is 0 Å². The van der Waals surface area contributed by atoms with E-state index in [9.17, 15) is 14.7 Å². The predicted molar refractivity (Wildman–Crippen MR) is 142 cm³/mol. The summed E-state index contributed by atoms with van der Waals surface area (Å²) in [5, 5.41) is 16.5. The van der Waals surface area contributed by atoms with Gasteiger partial charge in [-0.1, -0.05) is 46.3 Å². The van der Waals surface area contributed by atoms with Crippen molar-refractivity contribution in [2.75, 3.05) is 19.0 Å². The van der Waals surface area contributed by atoms with Gasteiger partial charge in [-0.05, 0) is 64.0 Å². The molecular formula is C25H22Br2N4O3. The zero-order valence-corrected chi connectivity index (χ0v) is 21.6. The number of hydrogen-bond acceptors (Lipinski definition) is 5. The van der Waals surface area contributed by atoms with Gasteiger partial charge in [-0.3, -0.25) is 9.59 Å². The number of halogens is 2. The maximum atomic E-state index is 12.9. The van der Waals surface area contributed by atoms with E-state index in [0.29, 0.717) is 20.1 Å². The normalized spacial score (nSPS) is 11.4.